The Labute approximate surface area is 242 Å². The summed E-state index contributed by atoms with van der Waals surface area (Å²) in [6.07, 6.45) is -5.44. The average Bonchev–Trinajstić information content (AvgIpc) is 3.54. The van der Waals surface area contributed by atoms with Gasteiger partial charge in [0, 0.05) is 61.9 Å². The van der Waals surface area contributed by atoms with Crippen LogP contribution in [-0.4, -0.2) is 92.0 Å². The third kappa shape index (κ3) is 6.72. The topological polar surface area (TPSA) is 118 Å². The van der Waals surface area contributed by atoms with Crippen LogP contribution in [0.1, 0.15) is 5.89 Å². The molecular formula is C25H25BrF3N5O6S. The zero-order valence-electron chi connectivity index (χ0n) is 21.6. The highest BCUT2D eigenvalue weighted by Gasteiger charge is 2.38. The van der Waals surface area contributed by atoms with Crippen molar-refractivity contribution in [2.75, 3.05) is 44.2 Å². The third-order valence-electron chi connectivity index (χ3n) is 6.68. The molecule has 11 nitrogen and oxygen atoms in total. The molecule has 2 aliphatic rings. The number of halogens is 4. The first-order valence-electron chi connectivity index (χ1n) is 12.5. The van der Waals surface area contributed by atoms with E-state index in [1.807, 2.05) is 34.1 Å². The lowest BCUT2D eigenvalue weighted by atomic mass is 10.1. The third-order valence-corrected chi connectivity index (χ3v) is 9.11. The van der Waals surface area contributed by atoms with E-state index in [-0.39, 0.29) is 23.7 Å². The van der Waals surface area contributed by atoms with E-state index in [1.54, 1.807) is 6.92 Å². The smallest absolute Gasteiger partial charge is 0.404 e. The number of hydrogen-bond donors (Lipinski definition) is 0. The molecule has 2 unspecified atom stereocenters. The standard InChI is InChI=1S/C25H25BrF3N5O6S/c1-16-30-24(31-40-16)17-2-5-19(6-3-17)34-14-20(38-23(34)15-35)13-32-8-10-33(11-9-32)41(36,37)22-7-4-18(26)12-21(22)39-25(27,28)29/h2-7,12,15,20,23H,8-11,13-14H2,1H3. The molecule has 2 saturated heterocycles. The predicted molar refractivity (Wildman–Crippen MR) is 143 cm³/mol. The second kappa shape index (κ2) is 11.7. The second-order valence-corrected chi connectivity index (χ2v) is 12.3. The summed E-state index contributed by atoms with van der Waals surface area (Å²) >= 11 is 3.05. The summed E-state index contributed by atoms with van der Waals surface area (Å²) in [4.78, 5) is 19.2. The molecule has 220 valence electrons. The molecule has 0 spiro atoms. The molecule has 2 aliphatic heterocycles. The summed E-state index contributed by atoms with van der Waals surface area (Å²) in [5, 5.41) is 3.90. The number of benzene rings is 2. The molecule has 16 heteroatoms. The number of carbonyl (C=O) groups excluding carboxylic acids is 1. The van der Waals surface area contributed by atoms with Gasteiger partial charge in [-0.2, -0.15) is 9.29 Å². The molecule has 0 N–H and O–H groups in total. The summed E-state index contributed by atoms with van der Waals surface area (Å²) in [6, 6.07) is 10.7. The fourth-order valence-corrected chi connectivity index (χ4v) is 6.65. The van der Waals surface area contributed by atoms with Crippen LogP contribution in [0.2, 0.25) is 0 Å². The van der Waals surface area contributed by atoms with E-state index in [2.05, 4.69) is 30.8 Å². The number of aryl methyl sites for hydroxylation is 1. The maximum absolute atomic E-state index is 13.2. The van der Waals surface area contributed by atoms with Crippen molar-refractivity contribution in [1.82, 2.24) is 19.3 Å². The van der Waals surface area contributed by atoms with Crippen molar-refractivity contribution in [3.05, 3.63) is 52.8 Å². The minimum absolute atomic E-state index is 0.0639. The highest BCUT2D eigenvalue weighted by molar-refractivity contribution is 9.10. The number of rotatable bonds is 8. The number of carbonyl (C=O) groups is 1. The van der Waals surface area contributed by atoms with E-state index >= 15 is 0 Å². The summed E-state index contributed by atoms with van der Waals surface area (Å²) in [7, 11) is -4.25. The van der Waals surface area contributed by atoms with E-state index in [0.29, 0.717) is 37.9 Å². The summed E-state index contributed by atoms with van der Waals surface area (Å²) in [5.41, 5.74) is 1.54. The van der Waals surface area contributed by atoms with Gasteiger partial charge in [-0.1, -0.05) is 21.1 Å². The van der Waals surface area contributed by atoms with Crippen molar-refractivity contribution in [1.29, 1.82) is 0 Å². The number of sulfonamides is 1. The van der Waals surface area contributed by atoms with Crippen LogP contribution in [0.15, 0.2) is 56.4 Å². The highest BCUT2D eigenvalue weighted by Crippen LogP contribution is 2.34. The summed E-state index contributed by atoms with van der Waals surface area (Å²) < 4.78 is 81.5. The zero-order chi connectivity index (χ0) is 29.4. The molecule has 0 amide bonds. The lowest BCUT2D eigenvalue weighted by Gasteiger charge is -2.35. The normalized spacial score (nSPS) is 20.9. The number of anilines is 1. The Morgan fingerprint density at radius 2 is 1.83 bits per heavy atom. The first-order chi connectivity index (χ1) is 19.4. The van der Waals surface area contributed by atoms with Crippen LogP contribution >= 0.6 is 15.9 Å². The Kier molecular flexibility index (Phi) is 8.39. The van der Waals surface area contributed by atoms with Gasteiger partial charge in [-0.05, 0) is 42.5 Å². The molecule has 41 heavy (non-hydrogen) atoms. The summed E-state index contributed by atoms with van der Waals surface area (Å²) in [5.74, 6) is 0.115. The van der Waals surface area contributed by atoms with Gasteiger partial charge in [0.25, 0.3) is 0 Å². The van der Waals surface area contributed by atoms with Crippen LogP contribution in [0, 0.1) is 6.92 Å². The van der Waals surface area contributed by atoms with Gasteiger partial charge in [0.2, 0.25) is 21.7 Å². The molecule has 3 heterocycles. The molecule has 0 saturated carbocycles. The van der Waals surface area contributed by atoms with Gasteiger partial charge >= 0.3 is 6.36 Å². The minimum atomic E-state index is -5.05. The van der Waals surface area contributed by atoms with Gasteiger partial charge in [-0.15, -0.1) is 13.2 Å². The van der Waals surface area contributed by atoms with Crippen LogP contribution in [0.5, 0.6) is 5.75 Å². The monoisotopic (exact) mass is 659 g/mol. The van der Waals surface area contributed by atoms with E-state index in [9.17, 15) is 26.4 Å². The van der Waals surface area contributed by atoms with Crippen LogP contribution < -0.4 is 9.64 Å². The molecule has 2 fully saturated rings. The number of piperazine rings is 1. The van der Waals surface area contributed by atoms with Crippen molar-refractivity contribution < 1.29 is 40.4 Å². The molecule has 5 rings (SSSR count). The second-order valence-electron chi connectivity index (χ2n) is 9.46. The van der Waals surface area contributed by atoms with Crippen molar-refractivity contribution in [3.8, 4) is 17.1 Å². The highest BCUT2D eigenvalue weighted by atomic mass is 79.9. The number of nitrogens with zero attached hydrogens (tertiary/aromatic N) is 5. The van der Waals surface area contributed by atoms with Gasteiger partial charge < -0.3 is 18.9 Å². The predicted octanol–water partition coefficient (Wildman–Crippen LogP) is 3.44. The molecule has 0 bridgehead atoms. The first-order valence-corrected chi connectivity index (χ1v) is 14.7. The Hall–Kier alpha value is -3.05. The van der Waals surface area contributed by atoms with Crippen LogP contribution in [0.4, 0.5) is 18.9 Å². The van der Waals surface area contributed by atoms with Crippen molar-refractivity contribution in [2.45, 2.75) is 30.5 Å². The Morgan fingerprint density at radius 3 is 2.44 bits per heavy atom. The Bertz CT molecular complexity index is 1500. The minimum Gasteiger partial charge on any atom is -0.404 e. The van der Waals surface area contributed by atoms with E-state index in [1.165, 1.54) is 6.07 Å². The maximum atomic E-state index is 13.2. The first kappa shape index (κ1) is 29.4. The Morgan fingerprint density at radius 1 is 1.12 bits per heavy atom. The molecule has 2 atom stereocenters. The van der Waals surface area contributed by atoms with E-state index in [4.69, 9.17) is 9.26 Å². The zero-order valence-corrected chi connectivity index (χ0v) is 24.0. The number of hydrogen-bond acceptors (Lipinski definition) is 10. The number of ether oxygens (including phenoxy) is 2. The van der Waals surface area contributed by atoms with Gasteiger partial charge in [0.05, 0.1) is 6.10 Å². The van der Waals surface area contributed by atoms with Crippen LogP contribution in [0.25, 0.3) is 11.4 Å². The number of aldehydes is 1. The SMILES string of the molecule is Cc1nc(-c2ccc(N3CC(CN4CCN(S(=O)(=O)c5ccc(Br)cc5OC(F)(F)F)CC4)OC3C=O)cc2)no1. The van der Waals surface area contributed by atoms with Gasteiger partial charge in [0.1, 0.15) is 4.90 Å². The van der Waals surface area contributed by atoms with Crippen LogP contribution in [0.3, 0.4) is 0 Å². The van der Waals surface area contributed by atoms with E-state index < -0.39 is 33.3 Å². The Balaban J connectivity index is 1.20. The van der Waals surface area contributed by atoms with Gasteiger partial charge in [0.15, 0.2) is 18.3 Å². The van der Waals surface area contributed by atoms with Gasteiger partial charge in [-0.25, -0.2) is 8.42 Å². The van der Waals surface area contributed by atoms with Crippen molar-refractivity contribution >= 4 is 37.9 Å². The molecule has 3 aromatic rings. The summed E-state index contributed by atoms with van der Waals surface area (Å²) in [6.45, 7) is 3.36. The van der Waals surface area contributed by atoms with Crippen molar-refractivity contribution in [2.24, 2.45) is 0 Å². The number of alkyl halides is 3. The van der Waals surface area contributed by atoms with Crippen LogP contribution in [-0.2, 0) is 19.6 Å². The molecule has 1 aromatic heterocycles. The molecule has 2 aromatic carbocycles. The lowest BCUT2D eigenvalue weighted by molar-refractivity contribution is -0.275. The largest absolute Gasteiger partial charge is 0.573 e. The van der Waals surface area contributed by atoms with Gasteiger partial charge in [-0.3, -0.25) is 9.69 Å². The fourth-order valence-electron chi connectivity index (χ4n) is 4.79. The molecule has 0 radical (unpaired) electrons. The number of aromatic nitrogens is 2. The maximum Gasteiger partial charge on any atom is 0.573 e. The fraction of sp³-hybridized carbons (Fsp3) is 0.400. The average molecular weight is 660 g/mol. The molecule has 0 aliphatic carbocycles. The van der Waals surface area contributed by atoms with E-state index in [0.717, 1.165) is 34.0 Å². The lowest BCUT2D eigenvalue weighted by Crippen LogP contribution is -2.50. The quantitative estimate of drug-likeness (QED) is 0.333. The molecular weight excluding hydrogens is 635 g/mol. The van der Waals surface area contributed by atoms with Crippen molar-refractivity contribution in [3.63, 3.8) is 0 Å².